The number of halogens is 3. The second-order valence-electron chi connectivity index (χ2n) is 12.2. The van der Waals surface area contributed by atoms with Gasteiger partial charge in [-0.25, -0.2) is 10.8 Å². The molecule has 3 heterocycles. The molecule has 0 fully saturated rings. The largest absolute Gasteiger partial charge is 0.416 e. The number of hydrogen-bond acceptors (Lipinski definition) is 6. The Balaban J connectivity index is 1.43. The number of nitrogens with one attached hydrogen (secondary N) is 1. The zero-order valence-electron chi connectivity index (χ0n) is 27.3. The van der Waals surface area contributed by atoms with Crippen molar-refractivity contribution in [1.29, 1.82) is 0 Å². The van der Waals surface area contributed by atoms with E-state index in [0.29, 0.717) is 22.9 Å². The van der Waals surface area contributed by atoms with Crippen LogP contribution in [0.25, 0.3) is 5.70 Å². The topological polar surface area (TPSA) is 62.4 Å². The lowest BCUT2D eigenvalue weighted by atomic mass is 9.98. The molecule has 2 aliphatic heterocycles. The van der Waals surface area contributed by atoms with Gasteiger partial charge in [0.15, 0.2) is 0 Å². The number of rotatable bonds is 12. The molecular weight excluding hydrogens is 618 g/mol. The molecule has 248 valence electrons. The van der Waals surface area contributed by atoms with Crippen LogP contribution >= 0.6 is 11.8 Å². The molecule has 0 amide bonds. The monoisotopic (exact) mass is 660 g/mol. The van der Waals surface area contributed by atoms with Gasteiger partial charge in [-0.15, -0.1) is 11.8 Å². The van der Waals surface area contributed by atoms with Gasteiger partial charge < -0.3 is 14.8 Å². The third-order valence-electron chi connectivity index (χ3n) is 9.05. The van der Waals surface area contributed by atoms with Gasteiger partial charge in [-0.2, -0.15) is 13.2 Å². The average molecular weight is 661 g/mol. The van der Waals surface area contributed by atoms with E-state index in [4.69, 9.17) is 10.8 Å². The standard InChI is InChI=1S/C37H43F3N6S/c1-6-25(2)15-16-42-22-29-12-9-28(10-13-29)11-14-30-20-31-26(3)45(23-32(31)33(21-30)37(38,39)40)36(27(4)46(41)18-19-47-5)35-34-8-7-17-44(34)24-43-35/h9-10,12-13,18-21,24-25,36,42H,3-4,6-8,15-17,22-23,41H2,1-2,5H3/b19-18-. The maximum absolute atomic E-state index is 14.6. The number of nitrogens with two attached hydrogens (primary N) is 1. The molecule has 3 aromatic rings. The van der Waals surface area contributed by atoms with E-state index in [-0.39, 0.29) is 17.7 Å². The molecule has 47 heavy (non-hydrogen) atoms. The van der Waals surface area contributed by atoms with E-state index in [1.807, 2.05) is 40.8 Å². The zero-order chi connectivity index (χ0) is 33.7. The van der Waals surface area contributed by atoms with Crippen molar-refractivity contribution in [3.05, 3.63) is 118 Å². The molecule has 2 unspecified atom stereocenters. The molecular formula is C37H43F3N6S. The zero-order valence-corrected chi connectivity index (χ0v) is 28.1. The number of aromatic nitrogens is 2. The summed E-state index contributed by atoms with van der Waals surface area (Å²) in [6.07, 6.45) is 4.90. The smallest absolute Gasteiger partial charge is 0.353 e. The Morgan fingerprint density at radius 3 is 2.66 bits per heavy atom. The van der Waals surface area contributed by atoms with E-state index in [0.717, 1.165) is 67.5 Å². The highest BCUT2D eigenvalue weighted by molar-refractivity contribution is 8.01. The minimum Gasteiger partial charge on any atom is -0.353 e. The van der Waals surface area contributed by atoms with Crippen LogP contribution in [-0.4, -0.2) is 32.3 Å². The Morgan fingerprint density at radius 2 is 1.96 bits per heavy atom. The molecule has 1 aromatic heterocycles. The average Bonchev–Trinajstić information content (AvgIpc) is 3.77. The van der Waals surface area contributed by atoms with Crippen LogP contribution < -0.4 is 11.2 Å². The maximum Gasteiger partial charge on any atom is 0.416 e. The molecule has 2 atom stereocenters. The molecule has 0 bridgehead atoms. The predicted molar refractivity (Wildman–Crippen MR) is 185 cm³/mol. The first-order chi connectivity index (χ1) is 22.5. The third-order valence-corrected chi connectivity index (χ3v) is 9.45. The second kappa shape index (κ2) is 14.9. The molecule has 2 aromatic carbocycles. The summed E-state index contributed by atoms with van der Waals surface area (Å²) in [6.45, 7) is 15.6. The third kappa shape index (κ3) is 7.81. The quantitative estimate of drug-likeness (QED) is 0.0894. The molecule has 0 saturated carbocycles. The van der Waals surface area contributed by atoms with Crippen LogP contribution in [0.4, 0.5) is 13.2 Å². The van der Waals surface area contributed by atoms with E-state index < -0.39 is 17.8 Å². The Kier molecular flexibility index (Phi) is 10.9. The summed E-state index contributed by atoms with van der Waals surface area (Å²) in [4.78, 5) is 6.55. The molecule has 10 heteroatoms. The van der Waals surface area contributed by atoms with Crippen molar-refractivity contribution >= 4 is 17.5 Å². The van der Waals surface area contributed by atoms with Crippen LogP contribution in [0.3, 0.4) is 0 Å². The number of hydrazine groups is 1. The maximum atomic E-state index is 14.6. The number of benzene rings is 2. The lowest BCUT2D eigenvalue weighted by Crippen LogP contribution is -2.34. The van der Waals surface area contributed by atoms with Crippen LogP contribution in [0, 0.1) is 17.8 Å². The molecule has 0 radical (unpaired) electrons. The van der Waals surface area contributed by atoms with Crippen LogP contribution in [0.5, 0.6) is 0 Å². The molecule has 2 aliphatic rings. The Morgan fingerprint density at radius 1 is 1.21 bits per heavy atom. The van der Waals surface area contributed by atoms with Crippen molar-refractivity contribution in [3.8, 4) is 11.8 Å². The fourth-order valence-electron chi connectivity index (χ4n) is 6.11. The van der Waals surface area contributed by atoms with Gasteiger partial charge >= 0.3 is 6.18 Å². The fraction of sp³-hybridized carbons (Fsp3) is 0.378. The van der Waals surface area contributed by atoms with Crippen LogP contribution in [0.1, 0.15) is 83.9 Å². The highest BCUT2D eigenvalue weighted by atomic mass is 32.2. The number of imidazole rings is 1. The second-order valence-corrected chi connectivity index (χ2v) is 13.0. The number of fused-ring (bicyclic) bond motifs is 2. The van der Waals surface area contributed by atoms with Gasteiger partial charge in [0.2, 0.25) is 0 Å². The van der Waals surface area contributed by atoms with Crippen molar-refractivity contribution in [2.75, 3.05) is 12.8 Å². The van der Waals surface area contributed by atoms with E-state index in [9.17, 15) is 13.2 Å². The highest BCUT2D eigenvalue weighted by Gasteiger charge is 2.42. The summed E-state index contributed by atoms with van der Waals surface area (Å²) in [7, 11) is 0. The van der Waals surface area contributed by atoms with Crippen LogP contribution in [0.15, 0.2) is 73.2 Å². The lowest BCUT2D eigenvalue weighted by Gasteiger charge is -2.34. The van der Waals surface area contributed by atoms with Crippen LogP contribution in [0.2, 0.25) is 0 Å². The lowest BCUT2D eigenvalue weighted by molar-refractivity contribution is -0.138. The number of alkyl halides is 3. The first-order valence-electron chi connectivity index (χ1n) is 16.0. The number of aryl methyl sites for hydroxylation is 1. The normalized spacial score (nSPS) is 15.4. The number of hydrogen-bond donors (Lipinski definition) is 2. The van der Waals surface area contributed by atoms with E-state index in [1.54, 1.807) is 18.6 Å². The minimum atomic E-state index is -4.58. The first kappa shape index (κ1) is 34.4. The van der Waals surface area contributed by atoms with E-state index in [2.05, 4.69) is 48.7 Å². The SMILES string of the molecule is C=C(C(c1ncn2c1CCC2)N1Cc2c(cc(C#Cc3ccc(CNCCC(C)CC)cc3)cc2C(F)(F)F)C1=C)N(N)/C=C\SC. The van der Waals surface area contributed by atoms with Crippen molar-refractivity contribution in [3.63, 3.8) is 0 Å². The van der Waals surface area contributed by atoms with Gasteiger partial charge in [0.25, 0.3) is 0 Å². The highest BCUT2D eigenvalue weighted by Crippen LogP contribution is 2.47. The Hall–Kier alpha value is -3.91. The number of nitrogens with zero attached hydrogens (tertiary/aromatic N) is 4. The van der Waals surface area contributed by atoms with Crippen molar-refractivity contribution in [2.45, 2.75) is 71.4 Å². The molecule has 5 rings (SSSR count). The summed E-state index contributed by atoms with van der Waals surface area (Å²) in [5.41, 5.74) is 4.71. The molecule has 3 N–H and O–H groups in total. The van der Waals surface area contributed by atoms with E-state index in [1.165, 1.54) is 23.2 Å². The van der Waals surface area contributed by atoms with Crippen molar-refractivity contribution in [2.24, 2.45) is 11.8 Å². The number of thioether (sulfide) groups is 1. The summed E-state index contributed by atoms with van der Waals surface area (Å²) < 4.78 is 45.8. The molecule has 0 spiro atoms. The predicted octanol–water partition coefficient (Wildman–Crippen LogP) is 7.82. The van der Waals surface area contributed by atoms with Crippen LogP contribution in [-0.2, 0) is 32.2 Å². The van der Waals surface area contributed by atoms with Crippen molar-refractivity contribution in [1.82, 2.24) is 24.8 Å². The molecule has 6 nitrogen and oxygen atoms in total. The minimum absolute atomic E-state index is 0.0142. The summed E-state index contributed by atoms with van der Waals surface area (Å²) >= 11 is 1.48. The van der Waals surface area contributed by atoms with Gasteiger partial charge in [0.1, 0.15) is 6.04 Å². The van der Waals surface area contributed by atoms with Crippen molar-refractivity contribution < 1.29 is 13.2 Å². The fourth-order valence-corrected chi connectivity index (χ4v) is 6.36. The van der Waals surface area contributed by atoms with Gasteiger partial charge in [-0.1, -0.05) is 57.4 Å². The van der Waals surface area contributed by atoms with Gasteiger partial charge in [-0.3, -0.25) is 5.01 Å². The summed E-state index contributed by atoms with van der Waals surface area (Å²) in [6, 6.07) is 10.0. The van der Waals surface area contributed by atoms with Gasteiger partial charge in [0, 0.05) is 53.9 Å². The first-order valence-corrected chi connectivity index (χ1v) is 17.3. The van der Waals surface area contributed by atoms with Gasteiger partial charge in [-0.05, 0) is 78.8 Å². The summed E-state index contributed by atoms with van der Waals surface area (Å²) in [5.74, 6) is 13.1. The summed E-state index contributed by atoms with van der Waals surface area (Å²) in [5, 5.41) is 6.70. The Bertz CT molecular complexity index is 1700. The van der Waals surface area contributed by atoms with E-state index >= 15 is 0 Å². The molecule has 0 saturated heterocycles. The Labute approximate surface area is 280 Å². The molecule has 0 aliphatic carbocycles. The van der Waals surface area contributed by atoms with Gasteiger partial charge in [0.05, 0.1) is 23.3 Å².